The summed E-state index contributed by atoms with van der Waals surface area (Å²) in [4.78, 5) is 13.6. The monoisotopic (exact) mass is 304 g/mol. The molecule has 0 amide bonds. The van der Waals surface area contributed by atoms with Crippen molar-refractivity contribution < 1.29 is 8.42 Å². The molecule has 0 unspecified atom stereocenters. The van der Waals surface area contributed by atoms with Crippen LogP contribution in [0.15, 0.2) is 52.3 Å². The molecule has 1 aliphatic rings. The van der Waals surface area contributed by atoms with Crippen LogP contribution in [0.5, 0.6) is 0 Å². The van der Waals surface area contributed by atoms with Gasteiger partial charge in [0.25, 0.3) is 0 Å². The predicted molar refractivity (Wildman–Crippen MR) is 79.4 cm³/mol. The lowest BCUT2D eigenvalue weighted by molar-refractivity contribution is 0.410. The lowest BCUT2D eigenvalue weighted by Crippen LogP contribution is -2.31. The first-order valence-electron chi connectivity index (χ1n) is 6.83. The average molecular weight is 304 g/mol. The zero-order chi connectivity index (χ0) is 14.9. The molecule has 21 heavy (non-hydrogen) atoms. The number of rotatable bonds is 2. The van der Waals surface area contributed by atoms with E-state index >= 15 is 0 Å². The molecule has 0 atom stereocenters. The maximum absolute atomic E-state index is 12.7. The van der Waals surface area contributed by atoms with Crippen LogP contribution in [0.2, 0.25) is 0 Å². The second-order valence-corrected chi connectivity index (χ2v) is 7.04. The highest BCUT2D eigenvalue weighted by molar-refractivity contribution is 7.89. The maximum Gasteiger partial charge on any atom is 0.247 e. The van der Waals surface area contributed by atoms with Gasteiger partial charge in [-0.15, -0.1) is 0 Å². The van der Waals surface area contributed by atoms with Gasteiger partial charge in [0.1, 0.15) is 0 Å². The molecular formula is C15H16N2O3S. The van der Waals surface area contributed by atoms with Crippen LogP contribution in [0, 0.1) is 0 Å². The predicted octanol–water partition coefficient (Wildman–Crippen LogP) is 1.51. The molecule has 1 aromatic heterocycles. The second kappa shape index (κ2) is 5.46. The quantitative estimate of drug-likeness (QED) is 0.914. The SMILES string of the molecule is O=c1ccc(S(=O)(=O)N2CCCc3ccccc3C2)c[nH]1. The van der Waals surface area contributed by atoms with Crippen LogP contribution in [0.25, 0.3) is 0 Å². The highest BCUT2D eigenvalue weighted by atomic mass is 32.2. The van der Waals surface area contributed by atoms with Crippen molar-refractivity contribution in [2.45, 2.75) is 24.3 Å². The van der Waals surface area contributed by atoms with E-state index < -0.39 is 10.0 Å². The molecule has 1 aliphatic heterocycles. The molecule has 1 N–H and O–H groups in total. The van der Waals surface area contributed by atoms with Crippen molar-refractivity contribution in [1.29, 1.82) is 0 Å². The first kappa shape index (κ1) is 14.0. The van der Waals surface area contributed by atoms with Crippen LogP contribution in [-0.4, -0.2) is 24.3 Å². The molecule has 0 saturated heterocycles. The minimum Gasteiger partial charge on any atom is -0.328 e. The van der Waals surface area contributed by atoms with Gasteiger partial charge in [-0.1, -0.05) is 24.3 Å². The smallest absolute Gasteiger partial charge is 0.247 e. The number of sulfonamides is 1. The van der Waals surface area contributed by atoms with Crippen molar-refractivity contribution in [1.82, 2.24) is 9.29 Å². The van der Waals surface area contributed by atoms with E-state index in [1.165, 1.54) is 28.2 Å². The van der Waals surface area contributed by atoms with Crippen molar-refractivity contribution >= 4 is 10.0 Å². The van der Waals surface area contributed by atoms with E-state index in [0.29, 0.717) is 13.1 Å². The summed E-state index contributed by atoms with van der Waals surface area (Å²) in [6.45, 7) is 0.855. The number of fused-ring (bicyclic) bond motifs is 1. The number of aromatic nitrogens is 1. The lowest BCUT2D eigenvalue weighted by Gasteiger charge is -2.20. The molecule has 110 valence electrons. The molecule has 5 nitrogen and oxygen atoms in total. The first-order chi connectivity index (χ1) is 10.1. The summed E-state index contributed by atoms with van der Waals surface area (Å²) in [6, 6.07) is 10.5. The summed E-state index contributed by atoms with van der Waals surface area (Å²) < 4.78 is 26.8. The van der Waals surface area contributed by atoms with Gasteiger partial charge in [0.15, 0.2) is 0 Å². The molecule has 2 heterocycles. The molecule has 2 aromatic rings. The number of hydrogen-bond acceptors (Lipinski definition) is 3. The maximum atomic E-state index is 12.7. The van der Waals surface area contributed by atoms with E-state index in [0.717, 1.165) is 18.4 Å². The van der Waals surface area contributed by atoms with Gasteiger partial charge in [0.2, 0.25) is 15.6 Å². The number of nitrogens with one attached hydrogen (secondary N) is 1. The summed E-state index contributed by atoms with van der Waals surface area (Å²) in [6.07, 6.45) is 2.93. The van der Waals surface area contributed by atoms with Gasteiger partial charge in [-0.3, -0.25) is 4.79 Å². The molecule has 1 aromatic carbocycles. The van der Waals surface area contributed by atoms with Gasteiger partial charge in [-0.2, -0.15) is 4.31 Å². The van der Waals surface area contributed by atoms with Gasteiger partial charge in [0.05, 0.1) is 4.90 Å². The Kier molecular flexibility index (Phi) is 3.65. The number of hydrogen-bond donors (Lipinski definition) is 1. The van der Waals surface area contributed by atoms with Crippen LogP contribution in [0.3, 0.4) is 0 Å². The average Bonchev–Trinajstić information content (AvgIpc) is 2.70. The molecule has 0 spiro atoms. The van der Waals surface area contributed by atoms with Gasteiger partial charge in [-0.05, 0) is 30.0 Å². The van der Waals surface area contributed by atoms with E-state index in [2.05, 4.69) is 4.98 Å². The molecule has 3 rings (SSSR count). The number of H-pyrrole nitrogens is 1. The Labute approximate surface area is 123 Å². The van der Waals surface area contributed by atoms with Crippen LogP contribution >= 0.6 is 0 Å². The Morgan fingerprint density at radius 3 is 2.52 bits per heavy atom. The van der Waals surface area contributed by atoms with Gasteiger partial charge >= 0.3 is 0 Å². The molecular weight excluding hydrogens is 288 g/mol. The minimum atomic E-state index is -3.58. The topological polar surface area (TPSA) is 70.2 Å². The van der Waals surface area contributed by atoms with Crippen molar-refractivity contribution in [3.8, 4) is 0 Å². The number of aromatic amines is 1. The minimum absolute atomic E-state index is 0.126. The summed E-state index contributed by atoms with van der Waals surface area (Å²) >= 11 is 0. The van der Waals surface area contributed by atoms with Crippen molar-refractivity contribution in [2.75, 3.05) is 6.54 Å². The van der Waals surface area contributed by atoms with Crippen LogP contribution in [0.4, 0.5) is 0 Å². The van der Waals surface area contributed by atoms with Crippen LogP contribution in [-0.2, 0) is 23.0 Å². The van der Waals surface area contributed by atoms with Crippen molar-refractivity contribution in [2.24, 2.45) is 0 Å². The zero-order valence-electron chi connectivity index (χ0n) is 11.5. The van der Waals surface area contributed by atoms with E-state index in [1.54, 1.807) is 0 Å². The van der Waals surface area contributed by atoms with E-state index in [4.69, 9.17) is 0 Å². The van der Waals surface area contributed by atoms with Crippen LogP contribution < -0.4 is 5.56 Å². The largest absolute Gasteiger partial charge is 0.328 e. The van der Waals surface area contributed by atoms with Crippen molar-refractivity contribution in [3.63, 3.8) is 0 Å². The van der Waals surface area contributed by atoms with E-state index in [1.807, 2.05) is 24.3 Å². The normalized spacial score (nSPS) is 16.2. The number of aryl methyl sites for hydroxylation is 1. The van der Waals surface area contributed by atoms with E-state index in [-0.39, 0.29) is 10.5 Å². The third-order valence-electron chi connectivity index (χ3n) is 3.71. The Hall–Kier alpha value is -1.92. The fraction of sp³-hybridized carbons (Fsp3) is 0.267. The number of benzene rings is 1. The highest BCUT2D eigenvalue weighted by Gasteiger charge is 2.26. The molecule has 0 radical (unpaired) electrons. The number of nitrogens with zero attached hydrogens (tertiary/aromatic N) is 1. The fourth-order valence-electron chi connectivity index (χ4n) is 2.58. The van der Waals surface area contributed by atoms with Crippen molar-refractivity contribution in [3.05, 3.63) is 64.1 Å². The fourth-order valence-corrected chi connectivity index (χ4v) is 4.01. The highest BCUT2D eigenvalue weighted by Crippen LogP contribution is 2.23. The summed E-state index contributed by atoms with van der Waals surface area (Å²) in [5, 5.41) is 0. The van der Waals surface area contributed by atoms with Crippen LogP contribution in [0.1, 0.15) is 17.5 Å². The summed E-state index contributed by atoms with van der Waals surface area (Å²) in [7, 11) is -3.58. The molecule has 0 aliphatic carbocycles. The van der Waals surface area contributed by atoms with Gasteiger partial charge < -0.3 is 4.98 Å². The zero-order valence-corrected chi connectivity index (χ0v) is 12.3. The number of pyridine rings is 1. The Morgan fingerprint density at radius 2 is 1.81 bits per heavy atom. The lowest BCUT2D eigenvalue weighted by atomic mass is 10.0. The Balaban J connectivity index is 1.96. The Bertz CT molecular complexity index is 791. The molecule has 6 heteroatoms. The summed E-state index contributed by atoms with van der Waals surface area (Å²) in [5.41, 5.74) is 1.94. The third kappa shape index (κ3) is 2.77. The first-order valence-corrected chi connectivity index (χ1v) is 8.27. The molecule has 0 fully saturated rings. The molecule has 0 saturated carbocycles. The standard InChI is InChI=1S/C15H16N2O3S/c18-15-8-7-14(10-16-15)21(19,20)17-9-3-6-12-4-1-2-5-13(12)11-17/h1-2,4-5,7-8,10H,3,6,9,11H2,(H,16,18). The summed E-state index contributed by atoms with van der Waals surface area (Å²) in [5.74, 6) is 0. The third-order valence-corrected chi connectivity index (χ3v) is 5.55. The van der Waals surface area contributed by atoms with E-state index in [9.17, 15) is 13.2 Å². The molecule has 0 bridgehead atoms. The second-order valence-electron chi connectivity index (χ2n) is 5.10. The van der Waals surface area contributed by atoms with Gasteiger partial charge in [-0.25, -0.2) is 8.42 Å². The Morgan fingerprint density at radius 1 is 1.05 bits per heavy atom. The van der Waals surface area contributed by atoms with Gasteiger partial charge in [0, 0.05) is 25.4 Å².